The number of hydrogen-bond acceptors (Lipinski definition) is 2. The molecule has 2 rings (SSSR count). The van der Waals surface area contributed by atoms with Crippen molar-refractivity contribution in [3.8, 4) is 5.75 Å². The quantitative estimate of drug-likeness (QED) is 0.712. The first-order valence-corrected chi connectivity index (χ1v) is 4.73. The fraction of sp³-hybridized carbons (Fsp3) is 0.455. The fourth-order valence-electron chi connectivity index (χ4n) is 1.82. The highest BCUT2D eigenvalue weighted by molar-refractivity contribution is 5.58. The van der Waals surface area contributed by atoms with Gasteiger partial charge in [0, 0.05) is 18.3 Å². The van der Waals surface area contributed by atoms with Crippen LogP contribution in [0.5, 0.6) is 5.75 Å². The van der Waals surface area contributed by atoms with Gasteiger partial charge >= 0.3 is 0 Å². The molecular formula is C11H15NO. The minimum Gasteiger partial charge on any atom is -0.497 e. The second-order valence-electron chi connectivity index (χ2n) is 3.57. The Morgan fingerprint density at radius 1 is 1.46 bits per heavy atom. The van der Waals surface area contributed by atoms with Gasteiger partial charge in [0.15, 0.2) is 0 Å². The molecule has 0 aliphatic carbocycles. The lowest BCUT2D eigenvalue weighted by Gasteiger charge is -2.24. The van der Waals surface area contributed by atoms with Crippen LogP contribution in [0.4, 0.5) is 5.69 Å². The smallest absolute Gasteiger partial charge is 0.120 e. The zero-order chi connectivity index (χ0) is 9.26. The SMILES string of the molecule is COc1ccc2c(c1)NCCC2C. The van der Waals surface area contributed by atoms with Crippen LogP contribution in [0.15, 0.2) is 18.2 Å². The standard InChI is InChI=1S/C11H15NO/c1-8-5-6-12-11-7-9(13-2)3-4-10(8)11/h3-4,7-8,12H,5-6H2,1-2H3. The van der Waals surface area contributed by atoms with Crippen molar-refractivity contribution < 1.29 is 4.74 Å². The van der Waals surface area contributed by atoms with Gasteiger partial charge < -0.3 is 10.1 Å². The molecule has 2 nitrogen and oxygen atoms in total. The van der Waals surface area contributed by atoms with Gasteiger partial charge in [0.05, 0.1) is 7.11 Å². The van der Waals surface area contributed by atoms with Crippen LogP contribution in [-0.4, -0.2) is 13.7 Å². The highest BCUT2D eigenvalue weighted by Crippen LogP contribution is 2.33. The Labute approximate surface area is 78.9 Å². The zero-order valence-corrected chi connectivity index (χ0v) is 8.13. The monoisotopic (exact) mass is 177 g/mol. The number of hydrogen-bond donors (Lipinski definition) is 1. The van der Waals surface area contributed by atoms with E-state index in [9.17, 15) is 0 Å². The van der Waals surface area contributed by atoms with Crippen molar-refractivity contribution in [3.05, 3.63) is 23.8 Å². The van der Waals surface area contributed by atoms with Gasteiger partial charge in [0.25, 0.3) is 0 Å². The van der Waals surface area contributed by atoms with E-state index >= 15 is 0 Å². The van der Waals surface area contributed by atoms with E-state index in [4.69, 9.17) is 4.74 Å². The first kappa shape index (κ1) is 8.42. The third-order valence-corrected chi connectivity index (χ3v) is 2.68. The van der Waals surface area contributed by atoms with Crippen molar-refractivity contribution in [2.75, 3.05) is 19.0 Å². The number of ether oxygens (including phenoxy) is 1. The topological polar surface area (TPSA) is 21.3 Å². The van der Waals surface area contributed by atoms with Gasteiger partial charge in [-0.05, 0) is 24.0 Å². The Morgan fingerprint density at radius 2 is 2.31 bits per heavy atom. The minimum atomic E-state index is 0.669. The first-order chi connectivity index (χ1) is 6.31. The number of nitrogens with one attached hydrogen (secondary N) is 1. The maximum atomic E-state index is 5.18. The third-order valence-electron chi connectivity index (χ3n) is 2.68. The first-order valence-electron chi connectivity index (χ1n) is 4.73. The molecule has 0 aromatic heterocycles. The second-order valence-corrected chi connectivity index (χ2v) is 3.57. The largest absolute Gasteiger partial charge is 0.497 e. The van der Waals surface area contributed by atoms with Crippen LogP contribution < -0.4 is 10.1 Å². The summed E-state index contributed by atoms with van der Waals surface area (Å²) in [6.45, 7) is 3.34. The molecule has 1 unspecified atom stereocenters. The molecule has 0 fully saturated rings. The number of methoxy groups -OCH3 is 1. The molecule has 1 aliphatic heterocycles. The van der Waals surface area contributed by atoms with Gasteiger partial charge in [-0.15, -0.1) is 0 Å². The average Bonchev–Trinajstić information content (AvgIpc) is 2.18. The Morgan fingerprint density at radius 3 is 3.08 bits per heavy atom. The van der Waals surface area contributed by atoms with Crippen LogP contribution in [0.25, 0.3) is 0 Å². The van der Waals surface area contributed by atoms with E-state index in [1.165, 1.54) is 17.7 Å². The molecule has 0 bridgehead atoms. The maximum Gasteiger partial charge on any atom is 0.120 e. The average molecular weight is 177 g/mol. The van der Waals surface area contributed by atoms with Crippen LogP contribution >= 0.6 is 0 Å². The molecule has 13 heavy (non-hydrogen) atoms. The van der Waals surface area contributed by atoms with Crippen molar-refractivity contribution in [2.24, 2.45) is 0 Å². The summed E-state index contributed by atoms with van der Waals surface area (Å²) in [5, 5.41) is 3.39. The lowest BCUT2D eigenvalue weighted by molar-refractivity contribution is 0.414. The molecule has 0 radical (unpaired) electrons. The molecule has 1 aromatic rings. The summed E-state index contributed by atoms with van der Waals surface area (Å²) >= 11 is 0. The summed E-state index contributed by atoms with van der Waals surface area (Å²) < 4.78 is 5.18. The molecule has 1 aliphatic rings. The van der Waals surface area contributed by atoms with Crippen LogP contribution in [0, 0.1) is 0 Å². The Kier molecular flexibility index (Phi) is 2.13. The molecule has 1 heterocycles. The van der Waals surface area contributed by atoms with Gasteiger partial charge in [-0.1, -0.05) is 13.0 Å². The molecule has 1 N–H and O–H groups in total. The predicted molar refractivity (Wildman–Crippen MR) is 54.5 cm³/mol. The summed E-state index contributed by atoms with van der Waals surface area (Å²) in [6.07, 6.45) is 1.22. The van der Waals surface area contributed by atoms with Crippen molar-refractivity contribution in [1.29, 1.82) is 0 Å². The lowest BCUT2D eigenvalue weighted by atomic mass is 9.93. The molecule has 0 amide bonds. The Bertz CT molecular complexity index is 309. The van der Waals surface area contributed by atoms with Gasteiger partial charge in [-0.25, -0.2) is 0 Å². The van der Waals surface area contributed by atoms with Gasteiger partial charge in [-0.3, -0.25) is 0 Å². The molecule has 1 atom stereocenters. The van der Waals surface area contributed by atoms with Crippen LogP contribution in [0.1, 0.15) is 24.8 Å². The van der Waals surface area contributed by atoms with E-state index < -0.39 is 0 Å². The summed E-state index contributed by atoms with van der Waals surface area (Å²) in [5.74, 6) is 1.60. The van der Waals surface area contributed by atoms with E-state index in [0.717, 1.165) is 12.3 Å². The summed E-state index contributed by atoms with van der Waals surface area (Å²) in [5.41, 5.74) is 2.64. The van der Waals surface area contributed by atoms with Crippen molar-refractivity contribution >= 4 is 5.69 Å². The molecule has 0 saturated heterocycles. The highest BCUT2D eigenvalue weighted by atomic mass is 16.5. The summed E-state index contributed by atoms with van der Waals surface area (Å²) in [7, 11) is 1.70. The van der Waals surface area contributed by atoms with Crippen molar-refractivity contribution in [1.82, 2.24) is 0 Å². The van der Waals surface area contributed by atoms with E-state index in [1.54, 1.807) is 7.11 Å². The zero-order valence-electron chi connectivity index (χ0n) is 8.13. The summed E-state index contributed by atoms with van der Waals surface area (Å²) in [4.78, 5) is 0. The Balaban J connectivity index is 2.39. The van der Waals surface area contributed by atoms with E-state index in [1.807, 2.05) is 6.07 Å². The normalized spacial score (nSPS) is 20.3. The fourth-order valence-corrected chi connectivity index (χ4v) is 1.82. The van der Waals surface area contributed by atoms with Crippen molar-refractivity contribution in [2.45, 2.75) is 19.3 Å². The number of benzene rings is 1. The van der Waals surface area contributed by atoms with Crippen LogP contribution in [0.2, 0.25) is 0 Å². The lowest BCUT2D eigenvalue weighted by Crippen LogP contribution is -2.14. The minimum absolute atomic E-state index is 0.669. The maximum absolute atomic E-state index is 5.18. The van der Waals surface area contributed by atoms with E-state index in [-0.39, 0.29) is 0 Å². The molecule has 2 heteroatoms. The molecule has 70 valence electrons. The third kappa shape index (κ3) is 1.48. The number of rotatable bonds is 1. The van der Waals surface area contributed by atoms with Crippen LogP contribution in [-0.2, 0) is 0 Å². The summed E-state index contributed by atoms with van der Waals surface area (Å²) in [6, 6.07) is 6.26. The van der Waals surface area contributed by atoms with Gasteiger partial charge in [0.1, 0.15) is 5.75 Å². The van der Waals surface area contributed by atoms with Gasteiger partial charge in [-0.2, -0.15) is 0 Å². The van der Waals surface area contributed by atoms with Crippen LogP contribution in [0.3, 0.4) is 0 Å². The molecule has 0 saturated carbocycles. The number of anilines is 1. The predicted octanol–water partition coefficient (Wildman–Crippen LogP) is 2.61. The van der Waals surface area contributed by atoms with Gasteiger partial charge in [0.2, 0.25) is 0 Å². The van der Waals surface area contributed by atoms with Crippen molar-refractivity contribution in [3.63, 3.8) is 0 Å². The molecule has 0 spiro atoms. The Hall–Kier alpha value is -1.18. The number of fused-ring (bicyclic) bond motifs is 1. The molecular weight excluding hydrogens is 162 g/mol. The molecule has 1 aromatic carbocycles. The van der Waals surface area contributed by atoms with E-state index in [2.05, 4.69) is 24.4 Å². The van der Waals surface area contributed by atoms with E-state index in [0.29, 0.717) is 5.92 Å². The highest BCUT2D eigenvalue weighted by Gasteiger charge is 2.15. The second kappa shape index (κ2) is 3.29.